The Hall–Kier alpha value is -3.67. The van der Waals surface area contributed by atoms with Crippen molar-refractivity contribution < 1.29 is 93.8 Å². The van der Waals surface area contributed by atoms with E-state index < -0.39 is 105 Å². The van der Waals surface area contributed by atoms with Crippen LogP contribution in [0.25, 0.3) is 6.08 Å². The summed E-state index contributed by atoms with van der Waals surface area (Å²) in [5.74, 6) is -1.74. The molecule has 0 bridgehead atoms. The van der Waals surface area contributed by atoms with E-state index in [0.29, 0.717) is 11.1 Å². The lowest BCUT2D eigenvalue weighted by Crippen LogP contribution is -2.67. The Morgan fingerprint density at radius 1 is 0.796 bits per heavy atom. The van der Waals surface area contributed by atoms with Gasteiger partial charge in [0.25, 0.3) is 0 Å². The number of rotatable bonds is 13. The van der Waals surface area contributed by atoms with Crippen LogP contribution < -0.4 is 4.74 Å². The van der Waals surface area contributed by atoms with E-state index in [1.807, 2.05) is 0 Å². The van der Waals surface area contributed by atoms with Gasteiger partial charge in [0.2, 0.25) is 0 Å². The summed E-state index contributed by atoms with van der Waals surface area (Å²) < 4.78 is 46.2. The normalized spacial score (nSPS) is 35.9. The molecular formula is C35H46O19. The number of benzene rings is 2. The van der Waals surface area contributed by atoms with E-state index in [2.05, 4.69) is 0 Å². The van der Waals surface area contributed by atoms with Crippen LogP contribution in [0.4, 0.5) is 0 Å². The molecular weight excluding hydrogens is 724 g/mol. The molecule has 3 aliphatic rings. The second-order valence-electron chi connectivity index (χ2n) is 13.0. The average Bonchev–Trinajstić information content (AvgIpc) is 3.15. The highest BCUT2D eigenvalue weighted by Crippen LogP contribution is 2.35. The minimum absolute atomic E-state index is 0.125. The van der Waals surface area contributed by atoms with Crippen LogP contribution in [0.5, 0.6) is 23.0 Å². The summed E-state index contributed by atoms with van der Waals surface area (Å²) in [5.41, 5.74) is 0.951. The molecule has 14 atom stereocenters. The highest BCUT2D eigenvalue weighted by atomic mass is 16.8. The topological polar surface area (TPSA) is 293 Å². The molecule has 0 aromatic heterocycles. The molecule has 0 radical (unpaired) electrons. The first-order chi connectivity index (χ1) is 25.7. The van der Waals surface area contributed by atoms with Gasteiger partial charge < -0.3 is 89.0 Å². The highest BCUT2D eigenvalue weighted by Gasteiger charge is 2.55. The van der Waals surface area contributed by atoms with Crippen molar-refractivity contribution in [2.24, 2.45) is 0 Å². The van der Waals surface area contributed by atoms with Crippen LogP contribution in [0.15, 0.2) is 42.5 Å². The Morgan fingerprint density at radius 2 is 1.50 bits per heavy atom. The maximum atomic E-state index is 13.3. The molecule has 3 aliphatic heterocycles. The van der Waals surface area contributed by atoms with Crippen molar-refractivity contribution in [1.82, 2.24) is 0 Å². The van der Waals surface area contributed by atoms with Crippen molar-refractivity contribution in [2.45, 2.75) is 99.4 Å². The number of carbonyl (C=O) groups excluding carboxylic acids is 1. The minimum Gasteiger partial charge on any atom is -0.504 e. The first-order valence-corrected chi connectivity index (χ1v) is 17.0. The molecule has 19 nitrogen and oxygen atoms in total. The van der Waals surface area contributed by atoms with Gasteiger partial charge in [-0.15, -0.1) is 0 Å². The van der Waals surface area contributed by atoms with Gasteiger partial charge in [0.15, 0.2) is 48.0 Å². The van der Waals surface area contributed by atoms with E-state index in [1.54, 1.807) is 0 Å². The third kappa shape index (κ3) is 9.58. The van der Waals surface area contributed by atoms with E-state index in [-0.39, 0.29) is 36.0 Å². The van der Waals surface area contributed by atoms with Crippen LogP contribution in [-0.4, -0.2) is 170 Å². The van der Waals surface area contributed by atoms with Gasteiger partial charge in [-0.2, -0.15) is 0 Å². The Balaban J connectivity index is 1.48. The van der Waals surface area contributed by atoms with Gasteiger partial charge in [-0.3, -0.25) is 0 Å². The lowest BCUT2D eigenvalue weighted by molar-refractivity contribution is -0.385. The van der Waals surface area contributed by atoms with Crippen LogP contribution in [-0.2, 0) is 44.4 Å². The zero-order valence-corrected chi connectivity index (χ0v) is 29.2. The van der Waals surface area contributed by atoms with E-state index in [9.17, 15) is 55.9 Å². The van der Waals surface area contributed by atoms with Gasteiger partial charge in [0, 0.05) is 6.08 Å². The molecule has 300 valence electrons. The number of aromatic hydroxyl groups is 3. The standard InChI is InChI=1S/C35H46O19/c1-15-25(42)27(44)29(46)34(50-15)53-31-30(52-24(41)8-5-16-4-7-19(38)22(12-16)47-2)23(13-36)51-35(48-10-9-17-3-6-18(37)20(39)11-17)32(31)54-33-28(45)26(43)21(40)14-49-33/h3-8,11-12,15,21,23,25-40,42-46H,9-10,13-14H2,1-2H3. The third-order valence-electron chi connectivity index (χ3n) is 9.20. The summed E-state index contributed by atoms with van der Waals surface area (Å²) in [5, 5.41) is 103. The quantitative estimate of drug-likeness (QED) is 0.0585. The van der Waals surface area contributed by atoms with Gasteiger partial charge in [0.05, 0.1) is 33.0 Å². The highest BCUT2D eigenvalue weighted by molar-refractivity contribution is 5.87. The van der Waals surface area contributed by atoms with Gasteiger partial charge in [-0.25, -0.2) is 4.79 Å². The van der Waals surface area contributed by atoms with Crippen LogP contribution in [0.2, 0.25) is 0 Å². The molecule has 2 aromatic rings. The largest absolute Gasteiger partial charge is 0.504 e. The summed E-state index contributed by atoms with van der Waals surface area (Å²) in [7, 11) is 1.34. The second-order valence-corrected chi connectivity index (χ2v) is 13.0. The van der Waals surface area contributed by atoms with E-state index in [0.717, 1.165) is 6.08 Å². The van der Waals surface area contributed by atoms with Crippen molar-refractivity contribution in [3.05, 3.63) is 53.6 Å². The lowest BCUT2D eigenvalue weighted by atomic mass is 9.96. The maximum absolute atomic E-state index is 13.3. The lowest BCUT2D eigenvalue weighted by Gasteiger charge is -2.49. The average molecular weight is 771 g/mol. The van der Waals surface area contributed by atoms with Crippen LogP contribution in [0.1, 0.15) is 18.1 Å². The number of hydrogen-bond acceptors (Lipinski definition) is 19. The number of esters is 1. The van der Waals surface area contributed by atoms with Crippen molar-refractivity contribution in [3.63, 3.8) is 0 Å². The molecule has 54 heavy (non-hydrogen) atoms. The predicted molar refractivity (Wildman–Crippen MR) is 179 cm³/mol. The van der Waals surface area contributed by atoms with Crippen LogP contribution >= 0.6 is 0 Å². The maximum Gasteiger partial charge on any atom is 0.331 e. The minimum atomic E-state index is -1.87. The number of hydrogen-bond donors (Lipinski definition) is 10. The first-order valence-electron chi connectivity index (χ1n) is 17.0. The molecule has 0 saturated carbocycles. The molecule has 5 rings (SSSR count). The number of aliphatic hydroxyl groups is 7. The number of aliphatic hydroxyl groups excluding tert-OH is 7. The van der Waals surface area contributed by atoms with Crippen molar-refractivity contribution >= 4 is 12.0 Å². The van der Waals surface area contributed by atoms with Crippen LogP contribution in [0.3, 0.4) is 0 Å². The molecule has 19 heteroatoms. The monoisotopic (exact) mass is 770 g/mol. The van der Waals surface area contributed by atoms with Gasteiger partial charge in [-0.1, -0.05) is 12.1 Å². The van der Waals surface area contributed by atoms with Crippen LogP contribution in [0, 0.1) is 0 Å². The molecule has 3 fully saturated rings. The van der Waals surface area contributed by atoms with Gasteiger partial charge in [-0.05, 0) is 54.8 Å². The zero-order chi connectivity index (χ0) is 39.3. The van der Waals surface area contributed by atoms with Crippen molar-refractivity contribution in [1.29, 1.82) is 0 Å². The fourth-order valence-electron chi connectivity index (χ4n) is 6.09. The number of ether oxygens (including phenoxy) is 8. The second kappa shape index (κ2) is 18.3. The Labute approximate surface area is 308 Å². The molecule has 2 aromatic carbocycles. The molecule has 14 unspecified atom stereocenters. The zero-order valence-electron chi connectivity index (χ0n) is 29.2. The number of phenols is 3. The molecule has 3 saturated heterocycles. The summed E-state index contributed by atoms with van der Waals surface area (Å²) in [6.07, 6.45) is -20.1. The van der Waals surface area contributed by atoms with Gasteiger partial charge in [0.1, 0.15) is 54.9 Å². The number of carbonyl (C=O) groups is 1. The molecule has 0 amide bonds. The fraction of sp³-hybridized carbons (Fsp3) is 0.571. The number of methoxy groups -OCH3 is 1. The Bertz CT molecular complexity index is 1570. The van der Waals surface area contributed by atoms with Crippen molar-refractivity contribution in [3.8, 4) is 23.0 Å². The summed E-state index contributed by atoms with van der Waals surface area (Å²) in [6.45, 7) is -0.0528. The predicted octanol–water partition coefficient (Wildman–Crippen LogP) is -2.25. The Morgan fingerprint density at radius 3 is 2.20 bits per heavy atom. The SMILES string of the molecule is COc1cc(C=CC(=O)OC2C(CO)OC(OCCc3ccc(O)c(O)c3)C(OC3OCC(O)C(O)C3O)C2OC2OC(C)C(O)C(O)C2O)ccc1O. The van der Waals surface area contributed by atoms with E-state index in [1.165, 1.54) is 56.5 Å². The smallest absolute Gasteiger partial charge is 0.331 e. The molecule has 10 N–H and O–H groups in total. The van der Waals surface area contributed by atoms with Crippen molar-refractivity contribution in [2.75, 3.05) is 26.9 Å². The fourth-order valence-corrected chi connectivity index (χ4v) is 6.09. The number of phenolic OH excluding ortho intramolecular Hbond substituents is 3. The molecule has 3 heterocycles. The summed E-state index contributed by atoms with van der Waals surface area (Å²) >= 11 is 0. The Kier molecular flexibility index (Phi) is 14.1. The third-order valence-corrected chi connectivity index (χ3v) is 9.20. The first kappa shape index (κ1) is 41.5. The summed E-state index contributed by atoms with van der Waals surface area (Å²) in [6, 6.07) is 8.37. The van der Waals surface area contributed by atoms with E-state index in [4.69, 9.17) is 37.9 Å². The molecule has 0 spiro atoms. The van der Waals surface area contributed by atoms with Gasteiger partial charge >= 0.3 is 5.97 Å². The summed E-state index contributed by atoms with van der Waals surface area (Å²) in [4.78, 5) is 13.3. The molecule has 0 aliphatic carbocycles. The van der Waals surface area contributed by atoms with E-state index >= 15 is 0 Å².